The van der Waals surface area contributed by atoms with Crippen molar-refractivity contribution in [3.8, 4) is 11.8 Å². The molecule has 2 rings (SSSR count). The van der Waals surface area contributed by atoms with E-state index in [1.54, 1.807) is 6.07 Å². The Hall–Kier alpha value is -1.67. The van der Waals surface area contributed by atoms with E-state index in [4.69, 9.17) is 14.7 Å². The van der Waals surface area contributed by atoms with E-state index in [2.05, 4.69) is 0 Å². The van der Waals surface area contributed by atoms with Crippen LogP contribution in [0.25, 0.3) is 0 Å². The van der Waals surface area contributed by atoms with Crippen LogP contribution in [0.5, 0.6) is 5.75 Å². The van der Waals surface area contributed by atoms with E-state index in [1.807, 2.05) is 0 Å². The Bertz CT molecular complexity index is 451. The largest absolute Gasteiger partial charge is 0.486 e. The minimum absolute atomic E-state index is 0.00962. The molecule has 1 aliphatic rings. The lowest BCUT2D eigenvalue weighted by Gasteiger charge is -2.23. The summed E-state index contributed by atoms with van der Waals surface area (Å²) in [5.41, 5.74) is 0.00962. The van der Waals surface area contributed by atoms with Gasteiger partial charge in [-0.1, -0.05) is 0 Å². The van der Waals surface area contributed by atoms with Gasteiger partial charge in [-0.05, 0) is 12.1 Å². The van der Waals surface area contributed by atoms with Crippen molar-refractivity contribution >= 4 is 0 Å². The molecule has 17 heavy (non-hydrogen) atoms. The lowest BCUT2D eigenvalue weighted by molar-refractivity contribution is 0.0236. The molecule has 1 saturated heterocycles. The van der Waals surface area contributed by atoms with E-state index in [0.717, 1.165) is 6.07 Å². The fraction of sp³-hybridized carbons (Fsp3) is 0.417. The molecule has 0 atom stereocenters. The van der Waals surface area contributed by atoms with Crippen molar-refractivity contribution in [3.63, 3.8) is 0 Å². The second-order valence-electron chi connectivity index (χ2n) is 3.78. The van der Waals surface area contributed by atoms with E-state index in [1.165, 1.54) is 6.07 Å². The zero-order valence-electron chi connectivity index (χ0n) is 9.08. The van der Waals surface area contributed by atoms with Crippen LogP contribution in [-0.4, -0.2) is 19.3 Å². The third-order valence-electron chi connectivity index (χ3n) is 2.62. The molecule has 1 heterocycles. The van der Waals surface area contributed by atoms with Crippen molar-refractivity contribution in [1.82, 2.24) is 0 Å². The first-order valence-corrected chi connectivity index (χ1v) is 5.35. The van der Waals surface area contributed by atoms with Crippen LogP contribution in [0.15, 0.2) is 12.1 Å². The van der Waals surface area contributed by atoms with Gasteiger partial charge in [-0.25, -0.2) is 4.39 Å². The lowest BCUT2D eigenvalue weighted by atomic mass is 10.1. The van der Waals surface area contributed by atoms with Gasteiger partial charge in [-0.2, -0.15) is 9.65 Å². The van der Waals surface area contributed by atoms with Gasteiger partial charge in [0.1, 0.15) is 12.2 Å². The molecule has 1 fully saturated rings. The van der Waals surface area contributed by atoms with Crippen molar-refractivity contribution < 1.29 is 18.3 Å². The predicted molar refractivity (Wildman–Crippen MR) is 55.5 cm³/mol. The number of nitriles is 1. The smallest absolute Gasteiger partial charge is 0.202 e. The fourth-order valence-electron chi connectivity index (χ4n) is 1.70. The number of halogens is 2. The van der Waals surface area contributed by atoms with Crippen LogP contribution >= 0.6 is 0 Å². The summed E-state index contributed by atoms with van der Waals surface area (Å²) in [5, 5.41) is 8.82. The first-order chi connectivity index (χ1) is 8.22. The number of benzene rings is 1. The van der Waals surface area contributed by atoms with Crippen LogP contribution in [-0.2, 0) is 4.74 Å². The molecule has 5 heteroatoms. The summed E-state index contributed by atoms with van der Waals surface area (Å²) in [6.07, 6.45) is 0.994. The van der Waals surface area contributed by atoms with Crippen molar-refractivity contribution in [2.24, 2.45) is 0 Å². The molecule has 0 aliphatic carbocycles. The second kappa shape index (κ2) is 5.11. The standard InChI is InChI=1S/C12H11F2NO2/c13-10-2-1-8(7-15)12(11(10)14)17-9-3-5-16-6-4-9/h1-2,9H,3-6H2. The van der Waals surface area contributed by atoms with Gasteiger partial charge in [0.15, 0.2) is 11.6 Å². The lowest BCUT2D eigenvalue weighted by Crippen LogP contribution is -2.26. The Morgan fingerprint density at radius 2 is 2.00 bits per heavy atom. The molecule has 0 unspecified atom stereocenters. The van der Waals surface area contributed by atoms with E-state index in [0.29, 0.717) is 26.1 Å². The van der Waals surface area contributed by atoms with Crippen LogP contribution in [0, 0.1) is 23.0 Å². The quantitative estimate of drug-likeness (QED) is 0.795. The highest BCUT2D eigenvalue weighted by molar-refractivity contribution is 5.44. The van der Waals surface area contributed by atoms with Crippen molar-refractivity contribution in [1.29, 1.82) is 5.26 Å². The maximum absolute atomic E-state index is 13.5. The van der Waals surface area contributed by atoms with E-state index in [9.17, 15) is 8.78 Å². The minimum atomic E-state index is -1.10. The first-order valence-electron chi connectivity index (χ1n) is 5.35. The summed E-state index contributed by atoms with van der Waals surface area (Å²) < 4.78 is 37.1. The Balaban J connectivity index is 2.24. The minimum Gasteiger partial charge on any atom is -0.486 e. The molecule has 90 valence electrons. The van der Waals surface area contributed by atoms with E-state index in [-0.39, 0.29) is 17.4 Å². The molecule has 1 aliphatic heterocycles. The molecule has 0 amide bonds. The van der Waals surface area contributed by atoms with Crippen LogP contribution in [0.4, 0.5) is 8.78 Å². The average Bonchev–Trinajstić information content (AvgIpc) is 2.37. The van der Waals surface area contributed by atoms with Gasteiger partial charge < -0.3 is 9.47 Å². The van der Waals surface area contributed by atoms with Gasteiger partial charge in [-0.3, -0.25) is 0 Å². The first kappa shape index (κ1) is 11.8. The van der Waals surface area contributed by atoms with Crippen molar-refractivity contribution in [2.45, 2.75) is 18.9 Å². The molecule has 0 spiro atoms. The Labute approximate surface area is 97.6 Å². The average molecular weight is 239 g/mol. The molecule has 1 aromatic rings. The summed E-state index contributed by atoms with van der Waals surface area (Å²) in [7, 11) is 0. The van der Waals surface area contributed by atoms with E-state index < -0.39 is 11.6 Å². The number of rotatable bonds is 2. The van der Waals surface area contributed by atoms with Gasteiger partial charge >= 0.3 is 0 Å². The SMILES string of the molecule is N#Cc1ccc(F)c(F)c1OC1CCOCC1. The van der Waals surface area contributed by atoms with Gasteiger partial charge in [0.25, 0.3) is 0 Å². The van der Waals surface area contributed by atoms with Crippen molar-refractivity contribution in [2.75, 3.05) is 13.2 Å². The van der Waals surface area contributed by atoms with Gasteiger partial charge in [-0.15, -0.1) is 0 Å². The highest BCUT2D eigenvalue weighted by atomic mass is 19.2. The normalized spacial score (nSPS) is 16.5. The molecule has 0 bridgehead atoms. The summed E-state index contributed by atoms with van der Waals surface area (Å²) in [4.78, 5) is 0. The summed E-state index contributed by atoms with van der Waals surface area (Å²) in [6, 6.07) is 3.93. The maximum atomic E-state index is 13.5. The van der Waals surface area contributed by atoms with Crippen LogP contribution in [0.3, 0.4) is 0 Å². The molecule has 0 aromatic heterocycles. The number of ether oxygens (including phenoxy) is 2. The Kier molecular flexibility index (Phi) is 3.55. The molecule has 0 N–H and O–H groups in total. The fourth-order valence-corrected chi connectivity index (χ4v) is 1.70. The van der Waals surface area contributed by atoms with Gasteiger partial charge in [0.2, 0.25) is 5.82 Å². The number of hydrogen-bond donors (Lipinski definition) is 0. The van der Waals surface area contributed by atoms with Crippen LogP contribution in [0.2, 0.25) is 0 Å². The molecular formula is C12H11F2NO2. The van der Waals surface area contributed by atoms with E-state index >= 15 is 0 Å². The molecule has 3 nitrogen and oxygen atoms in total. The van der Waals surface area contributed by atoms with Crippen LogP contribution < -0.4 is 4.74 Å². The topological polar surface area (TPSA) is 42.2 Å². The third-order valence-corrected chi connectivity index (χ3v) is 2.62. The Morgan fingerprint density at radius 1 is 1.29 bits per heavy atom. The van der Waals surface area contributed by atoms with Crippen molar-refractivity contribution in [3.05, 3.63) is 29.3 Å². The predicted octanol–water partition coefficient (Wildman–Crippen LogP) is 2.39. The van der Waals surface area contributed by atoms with Gasteiger partial charge in [0.05, 0.1) is 18.8 Å². The highest BCUT2D eigenvalue weighted by Crippen LogP contribution is 2.27. The highest BCUT2D eigenvalue weighted by Gasteiger charge is 2.21. The molecular weight excluding hydrogens is 228 g/mol. The summed E-state index contributed by atoms with van der Waals surface area (Å²) in [5.74, 6) is -2.40. The summed E-state index contributed by atoms with van der Waals surface area (Å²) in [6.45, 7) is 1.06. The van der Waals surface area contributed by atoms with Crippen LogP contribution in [0.1, 0.15) is 18.4 Å². The zero-order valence-corrected chi connectivity index (χ0v) is 9.08. The number of hydrogen-bond acceptors (Lipinski definition) is 3. The molecule has 0 radical (unpaired) electrons. The maximum Gasteiger partial charge on any atom is 0.202 e. The monoisotopic (exact) mass is 239 g/mol. The third kappa shape index (κ3) is 2.53. The second-order valence-corrected chi connectivity index (χ2v) is 3.78. The molecule has 0 saturated carbocycles. The number of nitrogens with zero attached hydrogens (tertiary/aromatic N) is 1. The zero-order chi connectivity index (χ0) is 12.3. The van der Waals surface area contributed by atoms with Gasteiger partial charge in [0, 0.05) is 12.8 Å². The summed E-state index contributed by atoms with van der Waals surface area (Å²) >= 11 is 0. The molecule has 1 aromatic carbocycles. The Morgan fingerprint density at radius 3 is 2.65 bits per heavy atom.